The van der Waals surface area contributed by atoms with E-state index in [9.17, 15) is 4.79 Å². The molecule has 2 aliphatic rings. The number of urea groups is 1. The first kappa shape index (κ1) is 14.2. The number of fused-ring (bicyclic) bond motifs is 1. The second-order valence-corrected chi connectivity index (χ2v) is 5.85. The molecule has 0 radical (unpaired) electrons. The molecule has 0 bridgehead atoms. The molecule has 2 aliphatic heterocycles. The lowest BCUT2D eigenvalue weighted by Gasteiger charge is -2.33. The summed E-state index contributed by atoms with van der Waals surface area (Å²) in [7, 11) is 0. The first-order valence-corrected chi connectivity index (χ1v) is 7.76. The summed E-state index contributed by atoms with van der Waals surface area (Å²) in [4.78, 5) is 12.9. The molecule has 5 heteroatoms. The molecule has 1 unspecified atom stereocenters. The SMILES string of the molecule is NC(=O)N1CCC(NC2CCCOc3ccccc32)CC1. The lowest BCUT2D eigenvalue weighted by atomic mass is 9.98. The first-order valence-electron chi connectivity index (χ1n) is 7.76. The van der Waals surface area contributed by atoms with Gasteiger partial charge in [0.25, 0.3) is 0 Å². The van der Waals surface area contributed by atoms with Gasteiger partial charge in [0.1, 0.15) is 5.75 Å². The van der Waals surface area contributed by atoms with Crippen LogP contribution in [0.5, 0.6) is 5.75 Å². The molecule has 0 aliphatic carbocycles. The van der Waals surface area contributed by atoms with E-state index in [2.05, 4.69) is 17.4 Å². The van der Waals surface area contributed by atoms with E-state index >= 15 is 0 Å². The Hall–Kier alpha value is -1.75. The number of nitrogens with two attached hydrogens (primary N) is 1. The number of benzene rings is 1. The number of hydrogen-bond donors (Lipinski definition) is 2. The summed E-state index contributed by atoms with van der Waals surface area (Å²) in [6.45, 7) is 2.28. The van der Waals surface area contributed by atoms with Crippen molar-refractivity contribution in [1.29, 1.82) is 0 Å². The smallest absolute Gasteiger partial charge is 0.314 e. The van der Waals surface area contributed by atoms with Crippen molar-refractivity contribution in [3.05, 3.63) is 29.8 Å². The molecule has 1 aromatic rings. The number of carbonyl (C=O) groups excluding carboxylic acids is 1. The molecule has 1 atom stereocenters. The number of piperidine rings is 1. The summed E-state index contributed by atoms with van der Waals surface area (Å²) < 4.78 is 5.81. The number of primary amides is 1. The fourth-order valence-corrected chi connectivity index (χ4v) is 3.25. The largest absolute Gasteiger partial charge is 0.493 e. The zero-order chi connectivity index (χ0) is 14.7. The minimum absolute atomic E-state index is 0.304. The van der Waals surface area contributed by atoms with E-state index in [-0.39, 0.29) is 6.03 Å². The molecule has 3 N–H and O–H groups in total. The summed E-state index contributed by atoms with van der Waals surface area (Å²) in [6.07, 6.45) is 4.07. The number of nitrogens with one attached hydrogen (secondary N) is 1. The molecule has 0 spiro atoms. The molecule has 1 fully saturated rings. The number of nitrogens with zero attached hydrogens (tertiary/aromatic N) is 1. The van der Waals surface area contributed by atoms with Gasteiger partial charge in [-0.05, 0) is 31.7 Å². The highest BCUT2D eigenvalue weighted by molar-refractivity contribution is 5.72. The van der Waals surface area contributed by atoms with Gasteiger partial charge in [0.15, 0.2) is 0 Å². The van der Waals surface area contributed by atoms with Crippen molar-refractivity contribution >= 4 is 6.03 Å². The van der Waals surface area contributed by atoms with Gasteiger partial charge in [-0.2, -0.15) is 0 Å². The van der Waals surface area contributed by atoms with Crippen molar-refractivity contribution in [3.8, 4) is 5.75 Å². The third kappa shape index (κ3) is 3.29. The van der Waals surface area contributed by atoms with Gasteiger partial charge in [-0.3, -0.25) is 0 Å². The number of hydrogen-bond acceptors (Lipinski definition) is 3. The van der Waals surface area contributed by atoms with E-state index in [1.165, 1.54) is 5.56 Å². The maximum atomic E-state index is 11.2. The summed E-state index contributed by atoms with van der Waals surface area (Å²) in [5.74, 6) is 1.00. The number of carbonyl (C=O) groups is 1. The average Bonchev–Trinajstić information content (AvgIpc) is 2.71. The molecule has 0 saturated carbocycles. The van der Waals surface area contributed by atoms with Crippen molar-refractivity contribution in [2.45, 2.75) is 37.8 Å². The Kier molecular flexibility index (Phi) is 4.29. The summed E-state index contributed by atoms with van der Waals surface area (Å²) >= 11 is 0. The molecule has 1 saturated heterocycles. The van der Waals surface area contributed by atoms with Crippen molar-refractivity contribution in [3.63, 3.8) is 0 Å². The molecule has 5 nitrogen and oxygen atoms in total. The predicted octanol–water partition coefficient (Wildman–Crippen LogP) is 2.03. The molecule has 114 valence electrons. The highest BCUT2D eigenvalue weighted by Gasteiger charge is 2.26. The van der Waals surface area contributed by atoms with Gasteiger partial charge in [-0.1, -0.05) is 18.2 Å². The van der Waals surface area contributed by atoms with Crippen LogP contribution in [0.25, 0.3) is 0 Å². The third-order valence-electron chi connectivity index (χ3n) is 4.43. The van der Waals surface area contributed by atoms with E-state index in [1.807, 2.05) is 12.1 Å². The predicted molar refractivity (Wildman–Crippen MR) is 81.2 cm³/mol. The van der Waals surface area contributed by atoms with Gasteiger partial charge in [-0.25, -0.2) is 4.79 Å². The molecule has 21 heavy (non-hydrogen) atoms. The Morgan fingerprint density at radius 3 is 2.76 bits per heavy atom. The zero-order valence-corrected chi connectivity index (χ0v) is 12.3. The van der Waals surface area contributed by atoms with Gasteiger partial charge < -0.3 is 20.7 Å². The minimum atomic E-state index is -0.304. The van der Waals surface area contributed by atoms with E-state index in [0.717, 1.165) is 51.1 Å². The average molecular weight is 289 g/mol. The van der Waals surface area contributed by atoms with Gasteiger partial charge in [0.2, 0.25) is 0 Å². The second kappa shape index (κ2) is 6.35. The van der Waals surface area contributed by atoms with Crippen LogP contribution in [0.4, 0.5) is 4.79 Å². The van der Waals surface area contributed by atoms with Crippen molar-refractivity contribution in [1.82, 2.24) is 10.2 Å². The highest BCUT2D eigenvalue weighted by Crippen LogP contribution is 2.32. The minimum Gasteiger partial charge on any atom is -0.493 e. The summed E-state index contributed by atoms with van der Waals surface area (Å²) in [5, 5.41) is 3.75. The number of rotatable bonds is 2. The Balaban J connectivity index is 1.64. The van der Waals surface area contributed by atoms with Crippen LogP contribution in [-0.2, 0) is 0 Å². The third-order valence-corrected chi connectivity index (χ3v) is 4.43. The van der Waals surface area contributed by atoms with Crippen molar-refractivity contribution in [2.24, 2.45) is 5.73 Å². The van der Waals surface area contributed by atoms with E-state index in [0.29, 0.717) is 12.1 Å². The zero-order valence-electron chi connectivity index (χ0n) is 12.3. The molecule has 1 aromatic carbocycles. The van der Waals surface area contributed by atoms with Crippen LogP contribution in [0.1, 0.15) is 37.3 Å². The molecule has 3 rings (SSSR count). The summed E-state index contributed by atoms with van der Waals surface area (Å²) in [5.41, 5.74) is 6.59. The van der Waals surface area contributed by atoms with E-state index in [4.69, 9.17) is 10.5 Å². The van der Waals surface area contributed by atoms with Crippen LogP contribution in [-0.4, -0.2) is 36.7 Å². The maximum absolute atomic E-state index is 11.2. The topological polar surface area (TPSA) is 67.6 Å². The van der Waals surface area contributed by atoms with Crippen molar-refractivity contribution < 1.29 is 9.53 Å². The Labute approximate surface area is 125 Å². The quantitative estimate of drug-likeness (QED) is 0.875. The molecule has 2 amide bonds. The molecular formula is C16H23N3O2. The standard InChI is InChI=1S/C16H23N3O2/c17-16(20)19-9-7-12(8-10-19)18-14-5-3-11-21-15-6-2-1-4-13(14)15/h1-2,4,6,12,14,18H,3,5,7-11H2,(H2,17,20). The summed E-state index contributed by atoms with van der Waals surface area (Å²) in [6, 6.07) is 8.76. The molecular weight excluding hydrogens is 266 g/mol. The highest BCUT2D eigenvalue weighted by atomic mass is 16.5. The van der Waals surface area contributed by atoms with Crippen LogP contribution >= 0.6 is 0 Å². The first-order chi connectivity index (χ1) is 10.2. The molecule has 2 heterocycles. The Bertz CT molecular complexity index is 498. The van der Waals surface area contributed by atoms with Crippen LogP contribution in [0.3, 0.4) is 0 Å². The number of ether oxygens (including phenoxy) is 1. The van der Waals surface area contributed by atoms with Crippen LogP contribution < -0.4 is 15.8 Å². The monoisotopic (exact) mass is 289 g/mol. The van der Waals surface area contributed by atoms with Gasteiger partial charge in [0.05, 0.1) is 6.61 Å². The normalized spacial score (nSPS) is 23.0. The van der Waals surface area contributed by atoms with Crippen LogP contribution in [0.15, 0.2) is 24.3 Å². The van der Waals surface area contributed by atoms with Crippen LogP contribution in [0, 0.1) is 0 Å². The van der Waals surface area contributed by atoms with E-state index < -0.39 is 0 Å². The Morgan fingerprint density at radius 2 is 2.00 bits per heavy atom. The van der Waals surface area contributed by atoms with Crippen molar-refractivity contribution in [2.75, 3.05) is 19.7 Å². The maximum Gasteiger partial charge on any atom is 0.314 e. The Morgan fingerprint density at radius 1 is 1.24 bits per heavy atom. The second-order valence-electron chi connectivity index (χ2n) is 5.85. The van der Waals surface area contributed by atoms with Gasteiger partial charge >= 0.3 is 6.03 Å². The fourth-order valence-electron chi connectivity index (χ4n) is 3.25. The van der Waals surface area contributed by atoms with E-state index in [1.54, 1.807) is 4.90 Å². The number of amides is 2. The lowest BCUT2D eigenvalue weighted by Crippen LogP contribution is -2.47. The van der Waals surface area contributed by atoms with Crippen LogP contribution in [0.2, 0.25) is 0 Å². The molecule has 0 aromatic heterocycles. The van der Waals surface area contributed by atoms with Gasteiger partial charge in [-0.15, -0.1) is 0 Å². The number of para-hydroxylation sites is 1. The lowest BCUT2D eigenvalue weighted by molar-refractivity contribution is 0.181. The number of likely N-dealkylation sites (tertiary alicyclic amines) is 1. The van der Waals surface area contributed by atoms with Gasteiger partial charge in [0, 0.05) is 30.7 Å². The fraction of sp³-hybridized carbons (Fsp3) is 0.562.